The highest BCUT2D eigenvalue weighted by atomic mass is 16.5. The van der Waals surface area contributed by atoms with Gasteiger partial charge in [-0.25, -0.2) is 4.79 Å². The van der Waals surface area contributed by atoms with Crippen molar-refractivity contribution in [1.82, 2.24) is 5.32 Å². The lowest BCUT2D eigenvalue weighted by atomic mass is 9.93. The zero-order valence-corrected chi connectivity index (χ0v) is 8.55. The molecule has 0 saturated heterocycles. The molecule has 0 heterocycles. The average molecular weight is 173 g/mol. The Balaban J connectivity index is 4.05. The van der Waals surface area contributed by atoms with E-state index < -0.39 is 0 Å². The molecule has 0 spiro atoms. The van der Waals surface area contributed by atoms with Gasteiger partial charge in [0.15, 0.2) is 0 Å². The minimum Gasteiger partial charge on any atom is -0.453 e. The standard InChI is InChI=1S/C9H19NO2/c1-6(2)8(7(3)4)10-9(11)12-5/h6-8H,1-5H3,(H,10,11). The van der Waals surface area contributed by atoms with Crippen LogP contribution in [0.5, 0.6) is 0 Å². The number of carbonyl (C=O) groups excluding carboxylic acids is 1. The molecule has 0 aliphatic heterocycles. The van der Waals surface area contributed by atoms with Crippen molar-refractivity contribution in [3.8, 4) is 0 Å². The van der Waals surface area contributed by atoms with Crippen molar-refractivity contribution < 1.29 is 9.53 Å². The first-order valence-corrected chi connectivity index (χ1v) is 4.33. The fourth-order valence-electron chi connectivity index (χ4n) is 1.30. The zero-order chi connectivity index (χ0) is 9.72. The molecular weight excluding hydrogens is 154 g/mol. The third-order valence-electron chi connectivity index (χ3n) is 1.91. The molecule has 12 heavy (non-hydrogen) atoms. The SMILES string of the molecule is COC(=O)NC(C(C)C)C(C)C. The molecular formula is C9H19NO2. The summed E-state index contributed by atoms with van der Waals surface area (Å²) in [5.74, 6) is 0.869. The number of rotatable bonds is 3. The molecule has 1 N–H and O–H groups in total. The first-order chi connectivity index (χ1) is 5.49. The largest absolute Gasteiger partial charge is 0.453 e. The minimum absolute atomic E-state index is 0.192. The summed E-state index contributed by atoms with van der Waals surface area (Å²) in [6.07, 6.45) is -0.345. The minimum atomic E-state index is -0.345. The highest BCUT2D eigenvalue weighted by Gasteiger charge is 2.19. The number of ether oxygens (including phenoxy) is 1. The summed E-state index contributed by atoms with van der Waals surface area (Å²) in [5.41, 5.74) is 0. The van der Waals surface area contributed by atoms with Crippen LogP contribution < -0.4 is 5.32 Å². The van der Waals surface area contributed by atoms with Gasteiger partial charge in [-0.15, -0.1) is 0 Å². The zero-order valence-electron chi connectivity index (χ0n) is 8.55. The van der Waals surface area contributed by atoms with Gasteiger partial charge in [-0.2, -0.15) is 0 Å². The molecule has 0 aliphatic carbocycles. The fourth-order valence-corrected chi connectivity index (χ4v) is 1.30. The number of methoxy groups -OCH3 is 1. The van der Waals surface area contributed by atoms with E-state index in [2.05, 4.69) is 37.7 Å². The summed E-state index contributed by atoms with van der Waals surface area (Å²) in [6, 6.07) is 0.192. The van der Waals surface area contributed by atoms with Crippen LogP contribution in [0.2, 0.25) is 0 Å². The highest BCUT2D eigenvalue weighted by molar-refractivity contribution is 5.67. The van der Waals surface area contributed by atoms with Gasteiger partial charge >= 0.3 is 6.09 Å². The molecule has 0 fully saturated rings. The molecule has 0 aliphatic rings. The predicted octanol–water partition coefficient (Wildman–Crippen LogP) is 2.02. The van der Waals surface area contributed by atoms with Crippen molar-refractivity contribution in [2.75, 3.05) is 7.11 Å². The van der Waals surface area contributed by atoms with E-state index >= 15 is 0 Å². The lowest BCUT2D eigenvalue weighted by Crippen LogP contribution is -2.42. The van der Waals surface area contributed by atoms with Crippen LogP contribution >= 0.6 is 0 Å². The van der Waals surface area contributed by atoms with Gasteiger partial charge < -0.3 is 10.1 Å². The fraction of sp³-hybridized carbons (Fsp3) is 0.889. The maximum absolute atomic E-state index is 10.9. The topological polar surface area (TPSA) is 38.3 Å². The molecule has 0 atom stereocenters. The molecule has 0 radical (unpaired) electrons. The Morgan fingerprint density at radius 3 is 1.83 bits per heavy atom. The van der Waals surface area contributed by atoms with E-state index in [1.165, 1.54) is 7.11 Å². The van der Waals surface area contributed by atoms with E-state index in [0.717, 1.165) is 0 Å². The maximum Gasteiger partial charge on any atom is 0.407 e. The van der Waals surface area contributed by atoms with Crippen LogP contribution in [0.1, 0.15) is 27.7 Å². The summed E-state index contributed by atoms with van der Waals surface area (Å²) in [7, 11) is 1.38. The van der Waals surface area contributed by atoms with E-state index in [1.807, 2.05) is 0 Å². The predicted molar refractivity (Wildman–Crippen MR) is 49.0 cm³/mol. The van der Waals surface area contributed by atoms with Gasteiger partial charge in [0.25, 0.3) is 0 Å². The van der Waals surface area contributed by atoms with Crippen LogP contribution in [0.25, 0.3) is 0 Å². The number of amides is 1. The van der Waals surface area contributed by atoms with Crippen molar-refractivity contribution in [2.45, 2.75) is 33.7 Å². The van der Waals surface area contributed by atoms with Crippen LogP contribution in [0, 0.1) is 11.8 Å². The molecule has 0 unspecified atom stereocenters. The molecule has 3 heteroatoms. The summed E-state index contributed by atoms with van der Waals surface area (Å²) < 4.78 is 4.53. The van der Waals surface area contributed by atoms with Gasteiger partial charge in [0.05, 0.1) is 7.11 Å². The van der Waals surface area contributed by atoms with Crippen LogP contribution in [0.3, 0.4) is 0 Å². The Morgan fingerprint density at radius 1 is 1.17 bits per heavy atom. The average Bonchev–Trinajstić information content (AvgIpc) is 1.98. The second-order valence-electron chi connectivity index (χ2n) is 3.65. The lowest BCUT2D eigenvalue weighted by Gasteiger charge is -2.25. The summed E-state index contributed by atoms with van der Waals surface area (Å²) in [6.45, 7) is 8.34. The Hall–Kier alpha value is -0.730. The summed E-state index contributed by atoms with van der Waals surface area (Å²) in [5, 5.41) is 2.80. The van der Waals surface area contributed by atoms with Gasteiger partial charge in [-0.3, -0.25) is 0 Å². The Morgan fingerprint density at radius 2 is 1.58 bits per heavy atom. The van der Waals surface area contributed by atoms with Crippen LogP contribution in [0.15, 0.2) is 0 Å². The van der Waals surface area contributed by atoms with Crippen LogP contribution in [-0.4, -0.2) is 19.2 Å². The third-order valence-corrected chi connectivity index (χ3v) is 1.91. The molecule has 1 amide bonds. The first kappa shape index (κ1) is 11.3. The van der Waals surface area contributed by atoms with Gasteiger partial charge in [-0.1, -0.05) is 27.7 Å². The maximum atomic E-state index is 10.9. The summed E-state index contributed by atoms with van der Waals surface area (Å²) >= 11 is 0. The molecule has 0 aromatic carbocycles. The molecule has 72 valence electrons. The molecule has 3 nitrogen and oxygen atoms in total. The Labute approximate surface area is 74.5 Å². The van der Waals surface area contributed by atoms with Crippen molar-refractivity contribution in [1.29, 1.82) is 0 Å². The highest BCUT2D eigenvalue weighted by Crippen LogP contribution is 2.11. The molecule has 0 rings (SSSR count). The van der Waals surface area contributed by atoms with Gasteiger partial charge in [0.2, 0.25) is 0 Å². The number of nitrogens with one attached hydrogen (secondary N) is 1. The molecule has 0 aromatic heterocycles. The molecule has 0 saturated carbocycles. The van der Waals surface area contributed by atoms with Crippen molar-refractivity contribution >= 4 is 6.09 Å². The van der Waals surface area contributed by atoms with Crippen molar-refractivity contribution in [2.24, 2.45) is 11.8 Å². The first-order valence-electron chi connectivity index (χ1n) is 4.33. The van der Waals surface area contributed by atoms with E-state index in [1.54, 1.807) is 0 Å². The normalized spacial score (nSPS) is 11.0. The van der Waals surface area contributed by atoms with Crippen molar-refractivity contribution in [3.63, 3.8) is 0 Å². The smallest absolute Gasteiger partial charge is 0.407 e. The number of hydrogen-bond acceptors (Lipinski definition) is 2. The molecule has 0 aromatic rings. The van der Waals surface area contributed by atoms with Crippen LogP contribution in [0.4, 0.5) is 4.79 Å². The van der Waals surface area contributed by atoms with Gasteiger partial charge in [-0.05, 0) is 11.8 Å². The van der Waals surface area contributed by atoms with E-state index in [0.29, 0.717) is 11.8 Å². The quantitative estimate of drug-likeness (QED) is 0.709. The number of alkyl carbamates (subject to hydrolysis) is 1. The lowest BCUT2D eigenvalue weighted by molar-refractivity contribution is 0.157. The van der Waals surface area contributed by atoms with E-state index in [4.69, 9.17) is 0 Å². The molecule has 0 bridgehead atoms. The monoisotopic (exact) mass is 173 g/mol. The van der Waals surface area contributed by atoms with E-state index in [-0.39, 0.29) is 12.1 Å². The second kappa shape index (κ2) is 5.01. The van der Waals surface area contributed by atoms with E-state index in [9.17, 15) is 4.79 Å². The van der Waals surface area contributed by atoms with Crippen LogP contribution in [-0.2, 0) is 4.74 Å². The number of carbonyl (C=O) groups is 1. The van der Waals surface area contributed by atoms with Gasteiger partial charge in [0.1, 0.15) is 0 Å². The van der Waals surface area contributed by atoms with Crippen molar-refractivity contribution in [3.05, 3.63) is 0 Å². The third kappa shape index (κ3) is 3.60. The Bertz CT molecular complexity index is 135. The Kier molecular flexibility index (Phi) is 4.71. The summed E-state index contributed by atoms with van der Waals surface area (Å²) in [4.78, 5) is 10.9. The number of hydrogen-bond donors (Lipinski definition) is 1. The van der Waals surface area contributed by atoms with Gasteiger partial charge in [0, 0.05) is 6.04 Å². The second-order valence-corrected chi connectivity index (χ2v) is 3.65.